The number of nitrogen functional groups attached to an aromatic ring is 1. The quantitative estimate of drug-likeness (QED) is 0.403. The van der Waals surface area contributed by atoms with Gasteiger partial charge in [-0.1, -0.05) is 29.5 Å². The van der Waals surface area contributed by atoms with E-state index in [9.17, 15) is 5.11 Å². The lowest BCUT2D eigenvalue weighted by molar-refractivity contribution is -0.115. The Bertz CT molecular complexity index is 835. The number of anilines is 1. The molecule has 3 N–H and O–H groups in total. The van der Waals surface area contributed by atoms with Gasteiger partial charge in [0.25, 0.3) is 0 Å². The fourth-order valence-corrected chi connectivity index (χ4v) is 6.60. The number of alkyl halides is 1. The number of nitrogens with two attached hydrogens (primary N) is 1. The third-order valence-corrected chi connectivity index (χ3v) is 7.88. The van der Waals surface area contributed by atoms with Crippen molar-refractivity contribution in [3.8, 4) is 0 Å². The Morgan fingerprint density at radius 3 is 2.84 bits per heavy atom. The van der Waals surface area contributed by atoms with Crippen LogP contribution in [0.3, 0.4) is 0 Å². The molecule has 3 heterocycles. The average Bonchev–Trinajstić information content (AvgIpc) is 3.02. The summed E-state index contributed by atoms with van der Waals surface area (Å²) in [7, 11) is 0. The molecule has 1 aliphatic rings. The number of imidazole rings is 1. The van der Waals surface area contributed by atoms with Gasteiger partial charge in [-0.15, -0.1) is 13.2 Å². The number of ether oxygens (including phenoxy) is 1. The number of hydrogen-bond acceptors (Lipinski definition) is 5. The van der Waals surface area contributed by atoms with E-state index in [-0.39, 0.29) is 16.1 Å². The van der Waals surface area contributed by atoms with Crippen LogP contribution in [-0.4, -0.2) is 61.1 Å². The molecule has 2 aromatic rings. The summed E-state index contributed by atoms with van der Waals surface area (Å²) in [4.78, 5) is 8.79. The highest BCUT2D eigenvalue weighted by Gasteiger charge is 2.54. The fraction of sp³-hybridized carbons (Fsp3) is 0.588. The molecule has 6 nitrogen and oxygen atoms in total. The summed E-state index contributed by atoms with van der Waals surface area (Å²) >= 11 is 2.27. The van der Waals surface area contributed by atoms with Crippen molar-refractivity contribution >= 4 is 52.6 Å². The van der Waals surface area contributed by atoms with E-state index in [1.165, 1.54) is 0 Å². The average molecular weight is 476 g/mol. The Morgan fingerprint density at radius 1 is 1.52 bits per heavy atom. The van der Waals surface area contributed by atoms with Crippen LogP contribution in [0.25, 0.3) is 11.2 Å². The number of rotatable bonds is 4. The third-order valence-electron chi connectivity index (χ3n) is 5.05. The molecule has 1 unspecified atom stereocenters. The van der Waals surface area contributed by atoms with E-state index in [0.29, 0.717) is 16.9 Å². The molecule has 0 aliphatic carbocycles. The van der Waals surface area contributed by atoms with E-state index < -0.39 is 18.6 Å². The summed E-state index contributed by atoms with van der Waals surface area (Å²) in [5.41, 5.74) is 7.29. The van der Waals surface area contributed by atoms with Crippen LogP contribution in [0, 0.1) is 5.92 Å². The topological polar surface area (TPSA) is 86.2 Å². The van der Waals surface area contributed by atoms with Gasteiger partial charge in [0.2, 0.25) is 0 Å². The van der Waals surface area contributed by atoms with Crippen molar-refractivity contribution < 1.29 is 9.84 Å². The molecule has 138 valence electrons. The van der Waals surface area contributed by atoms with Gasteiger partial charge in [0.1, 0.15) is 5.52 Å². The molecule has 0 radical (unpaired) electrons. The molecule has 2 aromatic heterocycles. The van der Waals surface area contributed by atoms with Gasteiger partial charge in [-0.05, 0) is 38.4 Å². The summed E-state index contributed by atoms with van der Waals surface area (Å²) in [6.45, 7) is 7.34. The predicted octanol–water partition coefficient (Wildman–Crippen LogP) is 2.81. The largest absolute Gasteiger partial charge is 0.397 e. The number of pyridine rings is 1. The van der Waals surface area contributed by atoms with Gasteiger partial charge in [0.05, 0.1) is 27.6 Å². The predicted molar refractivity (Wildman–Crippen MR) is 114 cm³/mol. The molecule has 25 heavy (non-hydrogen) atoms. The molecular weight excluding hydrogens is 450 g/mol. The highest BCUT2D eigenvalue weighted by atomic mass is 127. The number of aliphatic hydroxyl groups is 1. The van der Waals surface area contributed by atoms with Crippen molar-refractivity contribution in [1.29, 1.82) is 0 Å². The Morgan fingerprint density at radius 2 is 2.20 bits per heavy atom. The first-order valence-corrected chi connectivity index (χ1v) is 12.6. The van der Waals surface area contributed by atoms with Gasteiger partial charge >= 0.3 is 0 Å². The van der Waals surface area contributed by atoms with Gasteiger partial charge in [-0.3, -0.25) is 4.57 Å². The maximum atomic E-state index is 11.0. The first-order valence-electron chi connectivity index (χ1n) is 8.29. The minimum Gasteiger partial charge on any atom is -0.397 e. The minimum absolute atomic E-state index is 0.114. The van der Waals surface area contributed by atoms with Gasteiger partial charge < -0.3 is 15.6 Å². The number of hydrogen-bond donors (Lipinski definition) is 2. The van der Waals surface area contributed by atoms with E-state index in [2.05, 4.69) is 59.1 Å². The molecule has 0 aromatic carbocycles. The van der Waals surface area contributed by atoms with Crippen LogP contribution in [-0.2, 0) is 4.74 Å². The zero-order chi connectivity index (χ0) is 18.6. The van der Waals surface area contributed by atoms with Crippen LogP contribution in [0.1, 0.15) is 20.1 Å². The first-order chi connectivity index (χ1) is 11.5. The highest BCUT2D eigenvalue weighted by Crippen LogP contribution is 2.49. The van der Waals surface area contributed by atoms with Crippen LogP contribution in [0.5, 0.6) is 0 Å². The first kappa shape index (κ1) is 19.1. The fourth-order valence-electron chi connectivity index (χ4n) is 3.55. The maximum Gasteiger partial charge on any atom is 0.164 e. The smallest absolute Gasteiger partial charge is 0.164 e. The lowest BCUT2D eigenvalue weighted by Gasteiger charge is -2.36. The summed E-state index contributed by atoms with van der Waals surface area (Å²) in [6.07, 6.45) is 7.72. The molecule has 0 bridgehead atoms. The molecule has 1 fully saturated rings. The van der Waals surface area contributed by atoms with Crippen molar-refractivity contribution in [3.05, 3.63) is 18.6 Å². The summed E-state index contributed by atoms with van der Waals surface area (Å²) in [5, 5.41) is 11.0. The zero-order valence-corrected chi connectivity index (χ0v) is 18.1. The molecular formula is C17H26IN4O2P. The maximum absolute atomic E-state index is 11.0. The van der Waals surface area contributed by atoms with Crippen LogP contribution in [0.2, 0.25) is 0 Å². The summed E-state index contributed by atoms with van der Waals surface area (Å²) in [5.74, 6) is 0.193. The summed E-state index contributed by atoms with van der Waals surface area (Å²) < 4.78 is 8.22. The van der Waals surface area contributed by atoms with E-state index in [0.717, 1.165) is 6.16 Å². The van der Waals surface area contributed by atoms with Crippen molar-refractivity contribution in [2.45, 2.75) is 35.7 Å². The highest BCUT2D eigenvalue weighted by molar-refractivity contribution is 14.1. The Hall–Kier alpha value is -0.630. The number of halogens is 1. The number of fused-ring (bicyclic) bond motifs is 1. The Labute approximate surface area is 162 Å². The van der Waals surface area contributed by atoms with Gasteiger partial charge in [-0.25, -0.2) is 9.97 Å². The molecule has 5 atom stereocenters. The second kappa shape index (κ2) is 6.51. The normalized spacial score (nSPS) is 31.5. The molecule has 0 spiro atoms. The van der Waals surface area contributed by atoms with Crippen LogP contribution >= 0.6 is 29.5 Å². The van der Waals surface area contributed by atoms with Gasteiger partial charge in [0, 0.05) is 6.20 Å². The van der Waals surface area contributed by atoms with Crippen molar-refractivity contribution in [2.75, 3.05) is 25.2 Å². The van der Waals surface area contributed by atoms with Crippen LogP contribution < -0.4 is 5.73 Å². The summed E-state index contributed by atoms with van der Waals surface area (Å²) in [6, 6.07) is 1.73. The lowest BCUT2D eigenvalue weighted by Crippen LogP contribution is -2.45. The molecule has 3 rings (SSSR count). The molecule has 1 aliphatic heterocycles. The van der Waals surface area contributed by atoms with Crippen molar-refractivity contribution in [1.82, 2.24) is 14.5 Å². The zero-order valence-electron chi connectivity index (χ0n) is 15.1. The second-order valence-corrected chi connectivity index (χ2v) is 13.5. The van der Waals surface area contributed by atoms with Crippen molar-refractivity contribution in [3.63, 3.8) is 0 Å². The number of aromatic nitrogens is 3. The van der Waals surface area contributed by atoms with E-state index >= 15 is 0 Å². The monoisotopic (exact) mass is 476 g/mol. The van der Waals surface area contributed by atoms with Crippen LogP contribution in [0.4, 0.5) is 5.69 Å². The Balaban J connectivity index is 1.96. The van der Waals surface area contributed by atoms with E-state index in [1.807, 2.05) is 11.5 Å². The second-order valence-electron chi connectivity index (χ2n) is 7.83. The third kappa shape index (κ3) is 3.36. The van der Waals surface area contributed by atoms with Gasteiger partial charge in [-0.2, -0.15) is 0 Å². The van der Waals surface area contributed by atoms with E-state index in [4.69, 9.17) is 10.5 Å². The lowest BCUT2D eigenvalue weighted by atomic mass is 9.87. The molecule has 8 heteroatoms. The SMILES string of the molecule is C=P(C)(C)CC(C)[C@@]1(C)O[C@@H](n2cnc3c(N)ccnc32)[C@H](I)[C@@H]1O. The van der Waals surface area contributed by atoms with Crippen LogP contribution in [0.15, 0.2) is 18.6 Å². The molecule has 0 amide bonds. The Kier molecular flexibility index (Phi) is 4.99. The molecule has 0 saturated carbocycles. The van der Waals surface area contributed by atoms with Crippen molar-refractivity contribution in [2.24, 2.45) is 5.92 Å². The number of nitrogens with zero attached hydrogens (tertiary/aromatic N) is 3. The van der Waals surface area contributed by atoms with Gasteiger partial charge in [0.15, 0.2) is 11.9 Å². The van der Waals surface area contributed by atoms with E-state index in [1.54, 1.807) is 18.6 Å². The number of aliphatic hydroxyl groups excluding tert-OH is 1. The molecule has 1 saturated heterocycles. The minimum atomic E-state index is -1.23. The standard InChI is InChI=1S/C17H26IN4O2P/c1-10(8-25(3,4)5)17(2)14(23)12(18)16(24-17)22-9-21-13-11(19)6-7-20-15(13)22/h6-7,9-10,12,14,16,23H,3,8H2,1-2,4-5H3,(H2,19,20)/t10?,12-,14+,16-,17-/m1/s1.